The number of ketones is 1. The average Bonchev–Trinajstić information content (AvgIpc) is 2.55. The minimum atomic E-state index is 0.0698. The Bertz CT molecular complexity index is 876. The summed E-state index contributed by atoms with van der Waals surface area (Å²) in [6.07, 6.45) is 0. The molecule has 0 saturated carbocycles. The van der Waals surface area contributed by atoms with Crippen LogP contribution in [0, 0.1) is 6.92 Å². The maximum absolute atomic E-state index is 12.2. The molecule has 108 valence electrons. The van der Waals surface area contributed by atoms with Gasteiger partial charge in [0.15, 0.2) is 5.78 Å². The lowest BCUT2D eigenvalue weighted by Gasteiger charge is -2.21. The van der Waals surface area contributed by atoms with Crippen LogP contribution in [-0.4, -0.2) is 12.4 Å². The van der Waals surface area contributed by atoms with Gasteiger partial charge in [-0.05, 0) is 40.5 Å². The van der Waals surface area contributed by atoms with E-state index in [0.29, 0.717) is 6.61 Å². The molecule has 0 aliphatic carbocycles. The van der Waals surface area contributed by atoms with E-state index in [2.05, 4.69) is 43.3 Å². The lowest BCUT2D eigenvalue weighted by molar-refractivity contribution is 0.0667. The highest BCUT2D eigenvalue weighted by Gasteiger charge is 2.23. The molecule has 0 amide bonds. The van der Waals surface area contributed by atoms with Crippen molar-refractivity contribution in [3.05, 3.63) is 71.3 Å². The smallest absolute Gasteiger partial charge is 0.188 e. The van der Waals surface area contributed by atoms with Gasteiger partial charge in [-0.2, -0.15) is 0 Å². The second-order valence-corrected chi connectivity index (χ2v) is 5.78. The van der Waals surface area contributed by atoms with E-state index < -0.39 is 0 Å². The van der Waals surface area contributed by atoms with Gasteiger partial charge in [-0.15, -0.1) is 0 Å². The standard InChI is InChI=1S/C20H16O2/c1-13-6-8-14(9-7-13)20-16-5-3-2-4-15(16)10-17-18(20)11-22-12-19(17)21/h2-10H,11-12H2,1H3. The van der Waals surface area contributed by atoms with E-state index in [4.69, 9.17) is 4.74 Å². The Morgan fingerprint density at radius 1 is 0.955 bits per heavy atom. The van der Waals surface area contributed by atoms with Crippen molar-refractivity contribution in [3.8, 4) is 11.1 Å². The number of benzene rings is 3. The van der Waals surface area contributed by atoms with Crippen molar-refractivity contribution in [2.45, 2.75) is 13.5 Å². The molecule has 0 aromatic heterocycles. The summed E-state index contributed by atoms with van der Waals surface area (Å²) < 4.78 is 5.49. The number of hydrogen-bond donors (Lipinski definition) is 0. The first-order chi connectivity index (χ1) is 10.7. The van der Waals surface area contributed by atoms with Crippen molar-refractivity contribution >= 4 is 16.6 Å². The molecule has 2 heteroatoms. The molecule has 1 heterocycles. The largest absolute Gasteiger partial charge is 0.369 e. The molecule has 1 aliphatic heterocycles. The van der Waals surface area contributed by atoms with Gasteiger partial charge in [0, 0.05) is 5.56 Å². The van der Waals surface area contributed by atoms with Crippen LogP contribution in [0.2, 0.25) is 0 Å². The molecule has 0 N–H and O–H groups in total. The second kappa shape index (κ2) is 5.08. The summed E-state index contributed by atoms with van der Waals surface area (Å²) in [5, 5.41) is 2.27. The Hall–Kier alpha value is -2.45. The van der Waals surface area contributed by atoms with Crippen LogP contribution in [0.15, 0.2) is 54.6 Å². The number of hydrogen-bond acceptors (Lipinski definition) is 2. The first-order valence-corrected chi connectivity index (χ1v) is 7.46. The number of carbonyl (C=O) groups excluding carboxylic acids is 1. The Morgan fingerprint density at radius 3 is 2.55 bits per heavy atom. The summed E-state index contributed by atoms with van der Waals surface area (Å²) in [4.78, 5) is 12.2. The van der Waals surface area contributed by atoms with Crippen molar-refractivity contribution in [2.75, 3.05) is 6.61 Å². The summed E-state index contributed by atoms with van der Waals surface area (Å²) in [6, 6.07) is 18.7. The van der Waals surface area contributed by atoms with Crippen molar-refractivity contribution in [1.82, 2.24) is 0 Å². The van der Waals surface area contributed by atoms with Crippen molar-refractivity contribution in [3.63, 3.8) is 0 Å². The molecule has 0 unspecified atom stereocenters. The van der Waals surface area contributed by atoms with E-state index in [1.54, 1.807) is 0 Å². The van der Waals surface area contributed by atoms with E-state index in [0.717, 1.165) is 27.6 Å². The van der Waals surface area contributed by atoms with E-state index in [1.807, 2.05) is 18.2 Å². The molecule has 0 spiro atoms. The van der Waals surface area contributed by atoms with Gasteiger partial charge in [0.25, 0.3) is 0 Å². The normalized spacial score (nSPS) is 14.1. The lowest BCUT2D eigenvalue weighted by atomic mass is 9.87. The molecule has 3 aromatic rings. The molecule has 3 aromatic carbocycles. The van der Waals surface area contributed by atoms with Gasteiger partial charge >= 0.3 is 0 Å². The monoisotopic (exact) mass is 288 g/mol. The van der Waals surface area contributed by atoms with Gasteiger partial charge in [-0.25, -0.2) is 0 Å². The quantitative estimate of drug-likeness (QED) is 0.657. The maximum atomic E-state index is 12.2. The summed E-state index contributed by atoms with van der Waals surface area (Å²) in [7, 11) is 0. The van der Waals surface area contributed by atoms with E-state index >= 15 is 0 Å². The minimum Gasteiger partial charge on any atom is -0.369 e. The van der Waals surface area contributed by atoms with Crippen LogP contribution in [0.4, 0.5) is 0 Å². The van der Waals surface area contributed by atoms with Crippen molar-refractivity contribution in [1.29, 1.82) is 0 Å². The summed E-state index contributed by atoms with van der Waals surface area (Å²) in [5.74, 6) is 0.0698. The van der Waals surface area contributed by atoms with Crippen LogP contribution in [0.25, 0.3) is 21.9 Å². The molecule has 0 saturated heterocycles. The third kappa shape index (κ3) is 2.04. The number of Topliss-reactive ketones (excluding diaryl/α,β-unsaturated/α-hetero) is 1. The third-order valence-corrected chi connectivity index (χ3v) is 4.28. The first kappa shape index (κ1) is 13.2. The molecule has 4 rings (SSSR count). The Labute approximate surface area is 129 Å². The number of aryl methyl sites for hydroxylation is 1. The molecule has 0 atom stereocenters. The van der Waals surface area contributed by atoms with Gasteiger partial charge in [0.05, 0.1) is 6.61 Å². The Balaban J connectivity index is 2.10. The molecule has 0 fully saturated rings. The minimum absolute atomic E-state index is 0.0698. The van der Waals surface area contributed by atoms with Crippen LogP contribution in [-0.2, 0) is 11.3 Å². The first-order valence-electron chi connectivity index (χ1n) is 7.46. The van der Waals surface area contributed by atoms with E-state index in [9.17, 15) is 4.79 Å². The predicted octanol–water partition coefficient (Wildman–Crippen LogP) is 4.53. The fourth-order valence-electron chi connectivity index (χ4n) is 3.16. The van der Waals surface area contributed by atoms with Gasteiger partial charge in [0.1, 0.15) is 6.61 Å². The summed E-state index contributed by atoms with van der Waals surface area (Å²) in [6.45, 7) is 2.75. The topological polar surface area (TPSA) is 26.3 Å². The Kier molecular flexibility index (Phi) is 3.05. The van der Waals surface area contributed by atoms with Gasteiger partial charge < -0.3 is 4.74 Å². The molecule has 1 aliphatic rings. The molecular formula is C20H16O2. The lowest BCUT2D eigenvalue weighted by Crippen LogP contribution is -2.19. The highest BCUT2D eigenvalue weighted by Crippen LogP contribution is 2.36. The maximum Gasteiger partial charge on any atom is 0.188 e. The molecule has 0 bridgehead atoms. The second-order valence-electron chi connectivity index (χ2n) is 5.78. The van der Waals surface area contributed by atoms with E-state index in [1.165, 1.54) is 10.9 Å². The highest BCUT2D eigenvalue weighted by molar-refractivity contribution is 6.08. The van der Waals surface area contributed by atoms with Crippen LogP contribution in [0.1, 0.15) is 21.5 Å². The molecular weight excluding hydrogens is 272 g/mol. The molecule has 2 nitrogen and oxygen atoms in total. The SMILES string of the molecule is Cc1ccc(-c2c3c(cc4ccccc24)C(=O)COC3)cc1. The summed E-state index contributed by atoms with van der Waals surface area (Å²) >= 11 is 0. The molecule has 22 heavy (non-hydrogen) atoms. The fraction of sp³-hybridized carbons (Fsp3) is 0.150. The summed E-state index contributed by atoms with van der Waals surface area (Å²) in [5.41, 5.74) is 5.31. The predicted molar refractivity (Wildman–Crippen MR) is 88.1 cm³/mol. The number of carbonyl (C=O) groups is 1. The van der Waals surface area contributed by atoms with Crippen LogP contribution in [0.3, 0.4) is 0 Å². The van der Waals surface area contributed by atoms with Gasteiger partial charge in [0.2, 0.25) is 0 Å². The van der Waals surface area contributed by atoms with Crippen molar-refractivity contribution in [2.24, 2.45) is 0 Å². The zero-order valence-electron chi connectivity index (χ0n) is 12.4. The number of fused-ring (bicyclic) bond motifs is 2. The van der Waals surface area contributed by atoms with Gasteiger partial charge in [-0.1, -0.05) is 54.1 Å². The van der Waals surface area contributed by atoms with Gasteiger partial charge in [-0.3, -0.25) is 4.79 Å². The van der Waals surface area contributed by atoms with E-state index in [-0.39, 0.29) is 12.4 Å². The van der Waals surface area contributed by atoms with Crippen LogP contribution >= 0.6 is 0 Å². The zero-order chi connectivity index (χ0) is 15.1. The number of rotatable bonds is 1. The number of ether oxygens (including phenoxy) is 1. The Morgan fingerprint density at radius 2 is 1.73 bits per heavy atom. The van der Waals surface area contributed by atoms with Crippen LogP contribution in [0.5, 0.6) is 0 Å². The third-order valence-electron chi connectivity index (χ3n) is 4.28. The average molecular weight is 288 g/mol. The highest BCUT2D eigenvalue weighted by atomic mass is 16.5. The van der Waals surface area contributed by atoms with Crippen molar-refractivity contribution < 1.29 is 9.53 Å². The fourth-order valence-corrected chi connectivity index (χ4v) is 3.16. The zero-order valence-corrected chi connectivity index (χ0v) is 12.4. The molecule has 0 radical (unpaired) electrons. The van der Waals surface area contributed by atoms with Crippen LogP contribution < -0.4 is 0 Å².